The van der Waals surface area contributed by atoms with Crippen molar-refractivity contribution in [2.75, 3.05) is 11.2 Å². The van der Waals surface area contributed by atoms with E-state index in [1.807, 2.05) is 0 Å². The van der Waals surface area contributed by atoms with E-state index in [0.717, 1.165) is 25.5 Å². The predicted octanol–water partition coefficient (Wildman–Crippen LogP) is 3.22. The number of benzene rings is 1. The quantitative estimate of drug-likeness (QED) is 0.535. The first-order valence-electron chi connectivity index (χ1n) is 11.3. The van der Waals surface area contributed by atoms with Gasteiger partial charge in [0.15, 0.2) is 21.2 Å². The minimum atomic E-state index is -3.55. The van der Waals surface area contributed by atoms with Crippen LogP contribution < -0.4 is 15.5 Å². The molecule has 1 saturated heterocycles. The molecule has 0 spiro atoms. The number of urea groups is 1. The highest BCUT2D eigenvalue weighted by molar-refractivity contribution is 7.90. The molecule has 1 aromatic heterocycles. The molecule has 4 rings (SSSR count). The van der Waals surface area contributed by atoms with E-state index in [0.29, 0.717) is 11.6 Å². The average Bonchev–Trinajstić information content (AvgIpc) is 3.40. The highest BCUT2D eigenvalue weighted by Crippen LogP contribution is 2.33. The van der Waals surface area contributed by atoms with Crippen LogP contribution in [-0.2, 0) is 25.0 Å². The third-order valence-electron chi connectivity index (χ3n) is 6.49. The Morgan fingerprint density at radius 2 is 1.91 bits per heavy atom. The van der Waals surface area contributed by atoms with E-state index in [1.165, 1.54) is 55.3 Å². The van der Waals surface area contributed by atoms with Crippen molar-refractivity contribution in [3.8, 4) is 0 Å². The first-order valence-corrected chi connectivity index (χ1v) is 13.5. The van der Waals surface area contributed by atoms with Crippen LogP contribution in [0.25, 0.3) is 0 Å². The lowest BCUT2D eigenvalue weighted by atomic mass is 9.99. The Balaban J connectivity index is 1.67. The second-order valence-electron chi connectivity index (χ2n) is 9.10. The monoisotopic (exact) mass is 519 g/mol. The van der Waals surface area contributed by atoms with Crippen LogP contribution in [0.1, 0.15) is 51.1 Å². The van der Waals surface area contributed by atoms with Crippen LogP contribution in [-0.4, -0.2) is 42.5 Å². The van der Waals surface area contributed by atoms with Crippen molar-refractivity contribution in [1.82, 2.24) is 20.6 Å². The zero-order valence-corrected chi connectivity index (χ0v) is 20.9. The lowest BCUT2D eigenvalue weighted by molar-refractivity contribution is -0.123. The van der Waals surface area contributed by atoms with Gasteiger partial charge in [-0.25, -0.2) is 18.2 Å². The van der Waals surface area contributed by atoms with Crippen LogP contribution in [0.5, 0.6) is 0 Å². The highest BCUT2D eigenvalue weighted by atomic mass is 35.5. The Labute approximate surface area is 208 Å². The molecule has 186 valence electrons. The molecule has 1 unspecified atom stereocenters. The van der Waals surface area contributed by atoms with Gasteiger partial charge in [0, 0.05) is 12.7 Å². The maximum absolute atomic E-state index is 13.4. The van der Waals surface area contributed by atoms with Crippen LogP contribution in [0, 0.1) is 5.92 Å². The second kappa shape index (κ2) is 9.54. The fourth-order valence-corrected chi connectivity index (χ4v) is 5.81. The number of hydrogen-bond acceptors (Lipinski definition) is 7. The molecule has 1 aromatic carbocycles. The van der Waals surface area contributed by atoms with Crippen molar-refractivity contribution < 1.29 is 22.8 Å². The molecule has 1 saturated carbocycles. The summed E-state index contributed by atoms with van der Waals surface area (Å²) in [5.41, 5.74) is -0.840. The van der Waals surface area contributed by atoms with Gasteiger partial charge < -0.3 is 5.32 Å². The van der Waals surface area contributed by atoms with E-state index in [2.05, 4.69) is 20.6 Å². The number of nitrogens with zero attached hydrogens (tertiary/aromatic N) is 3. The summed E-state index contributed by atoms with van der Waals surface area (Å²) in [7, 11) is -3.55. The number of imide groups is 1. The number of nitrogens with one attached hydrogen (secondary N) is 2. The number of halogens is 1. The Kier molecular flexibility index (Phi) is 6.83. The molecule has 2 heterocycles. The second-order valence-corrected chi connectivity index (χ2v) is 11.5. The lowest BCUT2D eigenvalue weighted by Crippen LogP contribution is -2.41. The third-order valence-corrected chi connectivity index (χ3v) is 8.07. The van der Waals surface area contributed by atoms with E-state index in [9.17, 15) is 22.8 Å². The van der Waals surface area contributed by atoms with Crippen molar-refractivity contribution in [2.24, 2.45) is 5.92 Å². The van der Waals surface area contributed by atoms with Crippen molar-refractivity contribution in [3.63, 3.8) is 0 Å². The van der Waals surface area contributed by atoms with E-state index >= 15 is 0 Å². The highest BCUT2D eigenvalue weighted by Gasteiger charge is 2.45. The van der Waals surface area contributed by atoms with Crippen molar-refractivity contribution >= 4 is 50.8 Å². The molecule has 35 heavy (non-hydrogen) atoms. The average molecular weight is 520 g/mol. The molecule has 1 aliphatic carbocycles. The van der Waals surface area contributed by atoms with Crippen LogP contribution in [0.3, 0.4) is 0 Å². The maximum atomic E-state index is 13.4. The van der Waals surface area contributed by atoms with Gasteiger partial charge in [-0.3, -0.25) is 24.8 Å². The summed E-state index contributed by atoms with van der Waals surface area (Å²) in [5, 5.41) is 4.68. The van der Waals surface area contributed by atoms with Gasteiger partial charge in [0.05, 0.1) is 33.7 Å². The largest absolute Gasteiger partial charge is 0.322 e. The number of carbonyl (C=O) groups is 3. The normalized spacial score (nSPS) is 20.5. The summed E-state index contributed by atoms with van der Waals surface area (Å²) >= 11 is 6.25. The summed E-state index contributed by atoms with van der Waals surface area (Å²) in [6.45, 7) is 1.51. The minimum absolute atomic E-state index is 0.0129. The Hall–Kier alpha value is -3.05. The molecular formula is C23H26ClN5O5S. The Morgan fingerprint density at radius 3 is 2.46 bits per heavy atom. The number of carbonyl (C=O) groups excluding carboxylic acids is 3. The minimum Gasteiger partial charge on any atom is -0.318 e. The number of anilines is 2. The summed E-state index contributed by atoms with van der Waals surface area (Å²) in [6.07, 6.45) is 9.26. The molecule has 12 heteroatoms. The fourth-order valence-electron chi connectivity index (χ4n) is 4.49. The molecule has 2 fully saturated rings. The summed E-state index contributed by atoms with van der Waals surface area (Å²) in [5.74, 6) is -0.117. The maximum Gasteiger partial charge on any atom is 0.322 e. The smallest absolute Gasteiger partial charge is 0.318 e. The SMILES string of the molecule is CC1(c2cnc(N(C(=O)CCC3CCCC3)c3ccc(S(C)(=O)=O)c(Cl)c3)cn2)NC(=O)NC1=O. The number of aromatic nitrogens is 2. The Morgan fingerprint density at radius 1 is 1.20 bits per heavy atom. The molecule has 4 amide bonds. The zero-order chi connectivity index (χ0) is 25.4. The van der Waals surface area contributed by atoms with Gasteiger partial charge in [-0.15, -0.1) is 0 Å². The van der Waals surface area contributed by atoms with Gasteiger partial charge in [0.25, 0.3) is 5.91 Å². The molecule has 10 nitrogen and oxygen atoms in total. The number of rotatable bonds is 7. The number of amides is 4. The number of sulfone groups is 1. The summed E-state index contributed by atoms with van der Waals surface area (Å²) < 4.78 is 24.0. The summed E-state index contributed by atoms with van der Waals surface area (Å²) in [4.78, 5) is 47.2. The molecule has 1 atom stereocenters. The predicted molar refractivity (Wildman–Crippen MR) is 129 cm³/mol. The lowest BCUT2D eigenvalue weighted by Gasteiger charge is -2.24. The van der Waals surface area contributed by atoms with Crippen molar-refractivity contribution in [3.05, 3.63) is 41.3 Å². The van der Waals surface area contributed by atoms with Crippen molar-refractivity contribution in [1.29, 1.82) is 0 Å². The number of hydrogen-bond donors (Lipinski definition) is 2. The first-order chi connectivity index (χ1) is 16.5. The van der Waals surface area contributed by atoms with Gasteiger partial charge in [-0.1, -0.05) is 37.3 Å². The molecule has 0 bridgehead atoms. The van der Waals surface area contributed by atoms with Crippen LogP contribution >= 0.6 is 11.6 Å². The topological polar surface area (TPSA) is 138 Å². The van der Waals surface area contributed by atoms with E-state index in [-0.39, 0.29) is 33.8 Å². The Bertz CT molecular complexity index is 1280. The van der Waals surface area contributed by atoms with Gasteiger partial charge >= 0.3 is 6.03 Å². The zero-order valence-electron chi connectivity index (χ0n) is 19.4. The molecule has 0 radical (unpaired) electrons. The van der Waals surface area contributed by atoms with E-state index in [4.69, 9.17) is 11.6 Å². The van der Waals surface area contributed by atoms with Crippen LogP contribution in [0.2, 0.25) is 5.02 Å². The van der Waals surface area contributed by atoms with Gasteiger partial charge in [0.2, 0.25) is 5.91 Å². The third kappa shape index (κ3) is 5.15. The van der Waals surface area contributed by atoms with Crippen LogP contribution in [0.4, 0.5) is 16.3 Å². The van der Waals surface area contributed by atoms with Crippen LogP contribution in [0.15, 0.2) is 35.5 Å². The van der Waals surface area contributed by atoms with Gasteiger partial charge in [-0.05, 0) is 37.5 Å². The van der Waals surface area contributed by atoms with Gasteiger partial charge in [-0.2, -0.15) is 0 Å². The molecular weight excluding hydrogens is 494 g/mol. The molecule has 2 aromatic rings. The molecule has 2 N–H and O–H groups in total. The standard InChI is InChI=1S/C23H26ClN5O5S/c1-23(21(31)27-22(32)28-23)18-12-26-19(13-25-18)29(20(30)10-7-14-5-3-4-6-14)15-8-9-17(16(24)11-15)35(2,33)34/h8-9,11-14H,3-7,10H2,1-2H3,(H2,27,28,31,32). The first kappa shape index (κ1) is 25.1. The summed E-state index contributed by atoms with van der Waals surface area (Å²) in [6, 6.07) is 3.63. The van der Waals surface area contributed by atoms with E-state index in [1.54, 1.807) is 0 Å². The molecule has 2 aliphatic rings. The van der Waals surface area contributed by atoms with Crippen molar-refractivity contribution in [2.45, 2.75) is 55.9 Å². The molecule has 1 aliphatic heterocycles. The van der Waals surface area contributed by atoms with Gasteiger partial charge in [0.1, 0.15) is 0 Å². The fraction of sp³-hybridized carbons (Fsp3) is 0.435. The van der Waals surface area contributed by atoms with E-state index < -0.39 is 27.3 Å².